The molecule has 1 aliphatic carbocycles. The van der Waals surface area contributed by atoms with E-state index in [-0.39, 0.29) is 42.5 Å². The second-order valence-corrected chi connectivity index (χ2v) is 6.64. The third-order valence-electron chi connectivity index (χ3n) is 4.92. The van der Waals surface area contributed by atoms with E-state index in [1.54, 1.807) is 36.7 Å². The molecule has 0 spiro atoms. The number of rotatable bonds is 6. The zero-order valence-corrected chi connectivity index (χ0v) is 17.1. The number of aromatic nitrogens is 1. The topological polar surface area (TPSA) is 97.1 Å². The zero-order valence-electron chi connectivity index (χ0n) is 15.5. The van der Waals surface area contributed by atoms with Gasteiger partial charge < -0.3 is 16.4 Å². The summed E-state index contributed by atoms with van der Waals surface area (Å²) in [6.45, 7) is 1.03. The first-order chi connectivity index (χ1) is 12.7. The van der Waals surface area contributed by atoms with Crippen molar-refractivity contribution >= 4 is 42.3 Å². The van der Waals surface area contributed by atoms with Crippen molar-refractivity contribution in [2.75, 3.05) is 11.9 Å². The summed E-state index contributed by atoms with van der Waals surface area (Å²) < 4.78 is 0. The second kappa shape index (κ2) is 11.6. The van der Waals surface area contributed by atoms with E-state index in [1.165, 1.54) is 0 Å². The molecular formula is C20H26Cl2N4O2. The zero-order chi connectivity index (χ0) is 18.4. The molecule has 1 aromatic heterocycles. The monoisotopic (exact) mass is 424 g/mol. The first-order valence-corrected chi connectivity index (χ1v) is 8.95. The lowest BCUT2D eigenvalue weighted by molar-refractivity contribution is -0.126. The van der Waals surface area contributed by atoms with Crippen molar-refractivity contribution in [3.05, 3.63) is 59.9 Å². The van der Waals surface area contributed by atoms with E-state index < -0.39 is 0 Å². The minimum absolute atomic E-state index is 0. The molecule has 1 heterocycles. The third-order valence-corrected chi connectivity index (χ3v) is 4.92. The number of nitrogens with two attached hydrogens (primary N) is 1. The van der Waals surface area contributed by atoms with Crippen LogP contribution in [0.3, 0.4) is 0 Å². The van der Waals surface area contributed by atoms with E-state index in [2.05, 4.69) is 15.6 Å². The molecule has 8 heteroatoms. The van der Waals surface area contributed by atoms with Crippen molar-refractivity contribution in [2.24, 2.45) is 17.6 Å². The van der Waals surface area contributed by atoms with Crippen LogP contribution < -0.4 is 16.4 Å². The number of hydrogen-bond donors (Lipinski definition) is 3. The Bertz CT molecular complexity index is 757. The quantitative estimate of drug-likeness (QED) is 0.662. The van der Waals surface area contributed by atoms with Gasteiger partial charge in [0.1, 0.15) is 0 Å². The molecule has 2 aromatic rings. The van der Waals surface area contributed by atoms with Gasteiger partial charge in [-0.2, -0.15) is 0 Å². The van der Waals surface area contributed by atoms with E-state index in [0.717, 1.165) is 24.8 Å². The highest BCUT2D eigenvalue weighted by Crippen LogP contribution is 2.30. The summed E-state index contributed by atoms with van der Waals surface area (Å²) in [6, 6.07) is 10.7. The molecule has 6 nitrogen and oxygen atoms in total. The number of nitrogens with zero attached hydrogens (tertiary/aromatic N) is 1. The molecule has 2 amide bonds. The van der Waals surface area contributed by atoms with Crippen LogP contribution in [0.1, 0.15) is 35.2 Å². The van der Waals surface area contributed by atoms with Crippen LogP contribution in [0.4, 0.5) is 5.69 Å². The van der Waals surface area contributed by atoms with E-state index in [9.17, 15) is 9.59 Å². The van der Waals surface area contributed by atoms with Crippen molar-refractivity contribution < 1.29 is 9.59 Å². The first kappa shape index (κ1) is 23.9. The molecule has 0 saturated heterocycles. The SMILES string of the molecule is Cl.Cl.NC[C@H]1CCC[C@H]1C(=O)NCc1ccc(C(=O)Nc2ccncc2)cc1. The van der Waals surface area contributed by atoms with E-state index in [0.29, 0.717) is 30.3 Å². The molecule has 1 fully saturated rings. The van der Waals surface area contributed by atoms with Gasteiger partial charge in [-0.3, -0.25) is 14.6 Å². The maximum atomic E-state index is 12.3. The lowest BCUT2D eigenvalue weighted by atomic mass is 9.95. The van der Waals surface area contributed by atoms with Gasteiger partial charge in [0, 0.05) is 36.1 Å². The molecule has 1 saturated carbocycles. The Morgan fingerprint density at radius 3 is 2.36 bits per heavy atom. The molecule has 3 rings (SSSR count). The van der Waals surface area contributed by atoms with Gasteiger partial charge in [-0.1, -0.05) is 18.6 Å². The molecule has 1 aliphatic rings. The van der Waals surface area contributed by atoms with Crippen LogP contribution in [0, 0.1) is 11.8 Å². The van der Waals surface area contributed by atoms with Gasteiger partial charge in [-0.05, 0) is 55.1 Å². The van der Waals surface area contributed by atoms with Crippen LogP contribution in [0.2, 0.25) is 0 Å². The highest BCUT2D eigenvalue weighted by atomic mass is 35.5. The van der Waals surface area contributed by atoms with Crippen molar-refractivity contribution in [2.45, 2.75) is 25.8 Å². The maximum absolute atomic E-state index is 12.3. The summed E-state index contributed by atoms with van der Waals surface area (Å²) in [5, 5.41) is 5.81. The minimum Gasteiger partial charge on any atom is -0.352 e. The van der Waals surface area contributed by atoms with Gasteiger partial charge in [-0.25, -0.2) is 0 Å². The Balaban J connectivity index is 0.00000196. The molecule has 28 heavy (non-hydrogen) atoms. The lowest BCUT2D eigenvalue weighted by Crippen LogP contribution is -2.34. The number of amides is 2. The molecule has 0 aliphatic heterocycles. The molecular weight excluding hydrogens is 399 g/mol. The Labute approximate surface area is 177 Å². The number of carbonyl (C=O) groups excluding carboxylic acids is 2. The van der Waals surface area contributed by atoms with Crippen molar-refractivity contribution in [1.29, 1.82) is 0 Å². The Hall–Kier alpha value is -2.15. The number of anilines is 1. The van der Waals surface area contributed by atoms with Crippen molar-refractivity contribution in [3.8, 4) is 0 Å². The first-order valence-electron chi connectivity index (χ1n) is 8.95. The Kier molecular flexibility index (Phi) is 9.93. The summed E-state index contributed by atoms with van der Waals surface area (Å²) in [4.78, 5) is 28.5. The minimum atomic E-state index is -0.177. The summed E-state index contributed by atoms with van der Waals surface area (Å²) in [5.74, 6) is 0.237. The van der Waals surface area contributed by atoms with Crippen LogP contribution in [0.25, 0.3) is 0 Å². The van der Waals surface area contributed by atoms with E-state index >= 15 is 0 Å². The van der Waals surface area contributed by atoms with Crippen LogP contribution in [0.15, 0.2) is 48.8 Å². The van der Waals surface area contributed by atoms with Gasteiger partial charge in [-0.15, -0.1) is 24.8 Å². The second-order valence-electron chi connectivity index (χ2n) is 6.64. The number of benzene rings is 1. The predicted molar refractivity (Wildman–Crippen MR) is 115 cm³/mol. The Morgan fingerprint density at radius 1 is 1.04 bits per heavy atom. The average Bonchev–Trinajstić information content (AvgIpc) is 3.16. The molecule has 152 valence electrons. The standard InChI is InChI=1S/C20H24N4O2.2ClH/c21-12-16-2-1-3-18(16)20(26)23-13-14-4-6-15(7-5-14)19(25)24-17-8-10-22-11-9-17;;/h4-11,16,18H,1-3,12-13,21H2,(H,23,26)(H,22,24,25);2*1H/t16-,18-;;/m1../s1. The molecule has 4 N–H and O–H groups in total. The highest BCUT2D eigenvalue weighted by Gasteiger charge is 2.31. The van der Waals surface area contributed by atoms with Gasteiger partial charge in [0.05, 0.1) is 0 Å². The smallest absolute Gasteiger partial charge is 0.255 e. The summed E-state index contributed by atoms with van der Waals surface area (Å²) in [6.07, 6.45) is 6.28. The van der Waals surface area contributed by atoms with Crippen LogP contribution >= 0.6 is 24.8 Å². The van der Waals surface area contributed by atoms with Crippen LogP contribution in [0.5, 0.6) is 0 Å². The molecule has 0 unspecified atom stereocenters. The van der Waals surface area contributed by atoms with E-state index in [1.807, 2.05) is 12.1 Å². The number of pyridine rings is 1. The number of nitrogens with one attached hydrogen (secondary N) is 2. The molecule has 2 atom stereocenters. The number of hydrogen-bond acceptors (Lipinski definition) is 4. The third kappa shape index (κ3) is 6.19. The summed E-state index contributed by atoms with van der Waals surface area (Å²) >= 11 is 0. The average molecular weight is 425 g/mol. The highest BCUT2D eigenvalue weighted by molar-refractivity contribution is 6.04. The van der Waals surface area contributed by atoms with Gasteiger partial charge in [0.15, 0.2) is 0 Å². The number of halogens is 2. The molecule has 0 bridgehead atoms. The van der Waals surface area contributed by atoms with Gasteiger partial charge in [0.25, 0.3) is 5.91 Å². The fraction of sp³-hybridized carbons (Fsp3) is 0.350. The van der Waals surface area contributed by atoms with Gasteiger partial charge >= 0.3 is 0 Å². The van der Waals surface area contributed by atoms with E-state index in [4.69, 9.17) is 5.73 Å². The maximum Gasteiger partial charge on any atom is 0.255 e. The number of carbonyl (C=O) groups is 2. The molecule has 0 radical (unpaired) electrons. The van der Waals surface area contributed by atoms with Crippen molar-refractivity contribution in [3.63, 3.8) is 0 Å². The lowest BCUT2D eigenvalue weighted by Gasteiger charge is -2.17. The summed E-state index contributed by atoms with van der Waals surface area (Å²) in [7, 11) is 0. The fourth-order valence-corrected chi connectivity index (χ4v) is 3.40. The Morgan fingerprint density at radius 2 is 1.71 bits per heavy atom. The normalized spacial score (nSPS) is 17.8. The van der Waals surface area contributed by atoms with Crippen molar-refractivity contribution in [1.82, 2.24) is 10.3 Å². The fourth-order valence-electron chi connectivity index (χ4n) is 3.40. The largest absolute Gasteiger partial charge is 0.352 e. The van der Waals surface area contributed by atoms with Gasteiger partial charge in [0.2, 0.25) is 5.91 Å². The predicted octanol–water partition coefficient (Wildman–Crippen LogP) is 3.17. The molecule has 1 aromatic carbocycles. The van der Waals surface area contributed by atoms with Crippen LogP contribution in [-0.2, 0) is 11.3 Å². The summed E-state index contributed by atoms with van der Waals surface area (Å²) in [5.41, 5.74) is 7.97. The van der Waals surface area contributed by atoms with Crippen LogP contribution in [-0.4, -0.2) is 23.3 Å².